The number of ether oxygens (including phenoxy) is 1. The van der Waals surface area contributed by atoms with Crippen molar-refractivity contribution in [3.63, 3.8) is 0 Å². The first-order chi connectivity index (χ1) is 14.0. The molecule has 0 radical (unpaired) electrons. The SMILES string of the molecule is CC(=O)O[C@@H](C)C(=O)N1CCN(c2ncccc2C(=O)NCc2cccs2)CC1. The highest BCUT2D eigenvalue weighted by Gasteiger charge is 2.28. The zero-order chi connectivity index (χ0) is 20.8. The molecule has 3 heterocycles. The summed E-state index contributed by atoms with van der Waals surface area (Å²) in [6.07, 6.45) is 0.860. The molecular weight excluding hydrogens is 392 g/mol. The van der Waals surface area contributed by atoms with Crippen molar-refractivity contribution in [2.45, 2.75) is 26.5 Å². The van der Waals surface area contributed by atoms with E-state index in [-0.39, 0.29) is 11.8 Å². The number of aromatic nitrogens is 1. The van der Waals surface area contributed by atoms with Crippen molar-refractivity contribution >= 4 is 34.9 Å². The Morgan fingerprint density at radius 3 is 2.62 bits per heavy atom. The van der Waals surface area contributed by atoms with Gasteiger partial charge in [-0.3, -0.25) is 14.4 Å². The number of anilines is 1. The number of nitrogens with one attached hydrogen (secondary N) is 1. The van der Waals surface area contributed by atoms with E-state index in [1.54, 1.807) is 41.5 Å². The summed E-state index contributed by atoms with van der Waals surface area (Å²) < 4.78 is 4.98. The monoisotopic (exact) mass is 416 g/mol. The van der Waals surface area contributed by atoms with E-state index in [9.17, 15) is 14.4 Å². The third kappa shape index (κ3) is 5.32. The lowest BCUT2D eigenvalue weighted by molar-refractivity contribution is -0.157. The molecule has 1 aliphatic rings. The highest BCUT2D eigenvalue weighted by atomic mass is 32.1. The zero-order valence-corrected chi connectivity index (χ0v) is 17.3. The van der Waals surface area contributed by atoms with Crippen LogP contribution in [-0.4, -0.2) is 60.0 Å². The fraction of sp³-hybridized carbons (Fsp3) is 0.400. The number of hydrogen-bond acceptors (Lipinski definition) is 7. The lowest BCUT2D eigenvalue weighted by Crippen LogP contribution is -2.52. The molecule has 0 aromatic carbocycles. The Labute approximate surface area is 173 Å². The van der Waals surface area contributed by atoms with Crippen LogP contribution in [0.5, 0.6) is 0 Å². The number of esters is 1. The summed E-state index contributed by atoms with van der Waals surface area (Å²) in [5, 5.41) is 4.91. The molecule has 0 bridgehead atoms. The predicted molar refractivity (Wildman–Crippen MR) is 110 cm³/mol. The summed E-state index contributed by atoms with van der Waals surface area (Å²) in [5.74, 6) is -0.259. The largest absolute Gasteiger partial charge is 0.453 e. The van der Waals surface area contributed by atoms with E-state index in [1.165, 1.54) is 6.92 Å². The summed E-state index contributed by atoms with van der Waals surface area (Å²) in [6, 6.07) is 7.42. The van der Waals surface area contributed by atoms with Gasteiger partial charge in [0.2, 0.25) is 0 Å². The molecule has 0 spiro atoms. The molecule has 1 aliphatic heterocycles. The van der Waals surface area contributed by atoms with Crippen LogP contribution < -0.4 is 10.2 Å². The first-order valence-corrected chi connectivity index (χ1v) is 10.3. The summed E-state index contributed by atoms with van der Waals surface area (Å²) >= 11 is 1.59. The zero-order valence-electron chi connectivity index (χ0n) is 16.5. The van der Waals surface area contributed by atoms with Crippen LogP contribution in [-0.2, 0) is 20.9 Å². The van der Waals surface area contributed by atoms with E-state index in [1.807, 2.05) is 22.4 Å². The maximum absolute atomic E-state index is 12.7. The van der Waals surface area contributed by atoms with Gasteiger partial charge in [-0.05, 0) is 30.5 Å². The van der Waals surface area contributed by atoms with Crippen molar-refractivity contribution in [3.05, 3.63) is 46.3 Å². The van der Waals surface area contributed by atoms with Crippen molar-refractivity contribution in [3.8, 4) is 0 Å². The Balaban J connectivity index is 1.61. The van der Waals surface area contributed by atoms with Crippen molar-refractivity contribution in [2.24, 2.45) is 0 Å². The lowest BCUT2D eigenvalue weighted by Gasteiger charge is -2.36. The quantitative estimate of drug-likeness (QED) is 0.721. The van der Waals surface area contributed by atoms with Gasteiger partial charge in [-0.15, -0.1) is 11.3 Å². The summed E-state index contributed by atoms with van der Waals surface area (Å²) in [6.45, 7) is 5.36. The molecule has 8 nitrogen and oxygen atoms in total. The van der Waals surface area contributed by atoms with Gasteiger partial charge in [0.1, 0.15) is 5.82 Å². The van der Waals surface area contributed by atoms with E-state index in [0.29, 0.717) is 44.1 Å². The van der Waals surface area contributed by atoms with E-state index in [4.69, 9.17) is 4.74 Å². The highest BCUT2D eigenvalue weighted by Crippen LogP contribution is 2.20. The first-order valence-electron chi connectivity index (χ1n) is 9.42. The minimum Gasteiger partial charge on any atom is -0.453 e. The summed E-state index contributed by atoms with van der Waals surface area (Å²) in [4.78, 5) is 45.3. The molecule has 29 heavy (non-hydrogen) atoms. The van der Waals surface area contributed by atoms with Gasteiger partial charge < -0.3 is 19.9 Å². The molecule has 2 amide bonds. The first kappa shape index (κ1) is 20.8. The van der Waals surface area contributed by atoms with Crippen LogP contribution in [0.1, 0.15) is 29.1 Å². The van der Waals surface area contributed by atoms with Gasteiger partial charge in [-0.1, -0.05) is 6.07 Å². The average Bonchev–Trinajstić information content (AvgIpc) is 3.25. The molecule has 1 N–H and O–H groups in total. The normalized spacial score (nSPS) is 15.0. The van der Waals surface area contributed by atoms with Crippen LogP contribution in [0.15, 0.2) is 35.8 Å². The summed E-state index contributed by atoms with van der Waals surface area (Å²) in [5.41, 5.74) is 0.511. The van der Waals surface area contributed by atoms with E-state index < -0.39 is 12.1 Å². The number of amides is 2. The maximum Gasteiger partial charge on any atom is 0.303 e. The van der Waals surface area contributed by atoms with Gasteiger partial charge >= 0.3 is 5.97 Å². The number of carbonyl (C=O) groups is 3. The van der Waals surface area contributed by atoms with Gasteiger partial charge in [0, 0.05) is 44.2 Å². The van der Waals surface area contributed by atoms with Crippen LogP contribution in [0.4, 0.5) is 5.82 Å². The Bertz CT molecular complexity index is 863. The Kier molecular flexibility index (Phi) is 6.82. The fourth-order valence-electron chi connectivity index (χ4n) is 3.20. The van der Waals surface area contributed by atoms with Crippen LogP contribution in [0.3, 0.4) is 0 Å². The van der Waals surface area contributed by atoms with Crippen molar-refractivity contribution in [1.29, 1.82) is 0 Å². The molecule has 0 unspecified atom stereocenters. The molecule has 1 fully saturated rings. The summed E-state index contributed by atoms with van der Waals surface area (Å²) in [7, 11) is 0. The second-order valence-electron chi connectivity index (χ2n) is 6.70. The highest BCUT2D eigenvalue weighted by molar-refractivity contribution is 7.09. The van der Waals surface area contributed by atoms with Crippen molar-refractivity contribution in [2.75, 3.05) is 31.1 Å². The molecule has 1 saturated heterocycles. The minimum atomic E-state index is -0.799. The second-order valence-corrected chi connectivity index (χ2v) is 7.73. The lowest BCUT2D eigenvalue weighted by atomic mass is 10.2. The number of thiophene rings is 1. The van der Waals surface area contributed by atoms with Gasteiger partial charge in [-0.2, -0.15) is 0 Å². The third-order valence-electron chi connectivity index (χ3n) is 4.62. The number of pyridine rings is 1. The minimum absolute atomic E-state index is 0.177. The van der Waals surface area contributed by atoms with Crippen LogP contribution in [0.2, 0.25) is 0 Å². The fourth-order valence-corrected chi connectivity index (χ4v) is 3.84. The predicted octanol–water partition coefficient (Wildman–Crippen LogP) is 1.67. The molecule has 2 aromatic rings. The molecule has 2 aromatic heterocycles. The average molecular weight is 417 g/mol. The number of hydrogen-bond donors (Lipinski definition) is 1. The van der Waals surface area contributed by atoms with Gasteiger partial charge in [-0.25, -0.2) is 4.98 Å². The molecule has 0 saturated carbocycles. The van der Waals surface area contributed by atoms with Gasteiger partial charge in [0.25, 0.3) is 11.8 Å². The van der Waals surface area contributed by atoms with E-state index in [0.717, 1.165) is 4.88 Å². The van der Waals surface area contributed by atoms with Crippen molar-refractivity contribution in [1.82, 2.24) is 15.2 Å². The number of nitrogens with zero attached hydrogens (tertiary/aromatic N) is 3. The molecule has 1 atom stereocenters. The van der Waals surface area contributed by atoms with E-state index >= 15 is 0 Å². The second kappa shape index (κ2) is 9.51. The van der Waals surface area contributed by atoms with Crippen molar-refractivity contribution < 1.29 is 19.1 Å². The number of piperazine rings is 1. The molecule has 3 rings (SSSR count). The van der Waals surface area contributed by atoms with Gasteiger partial charge in [0.05, 0.1) is 12.1 Å². The Hall–Kier alpha value is -2.94. The van der Waals surface area contributed by atoms with Gasteiger partial charge in [0.15, 0.2) is 6.10 Å². The maximum atomic E-state index is 12.7. The smallest absolute Gasteiger partial charge is 0.303 e. The molecule has 0 aliphatic carbocycles. The topological polar surface area (TPSA) is 91.8 Å². The Morgan fingerprint density at radius 2 is 1.97 bits per heavy atom. The number of rotatable bonds is 6. The van der Waals surface area contributed by atoms with Crippen LogP contribution in [0, 0.1) is 0 Å². The molecule has 154 valence electrons. The molecular formula is C20H24N4O4S. The number of carbonyl (C=O) groups excluding carboxylic acids is 3. The standard InChI is InChI=1S/C20H24N4O4S/c1-14(28-15(2)25)20(27)24-10-8-23(9-11-24)18-17(6-3-7-21-18)19(26)22-13-16-5-4-12-29-16/h3-7,12,14H,8-11,13H2,1-2H3,(H,22,26)/t14-/m0/s1. The van der Waals surface area contributed by atoms with Crippen LogP contribution in [0.25, 0.3) is 0 Å². The Morgan fingerprint density at radius 1 is 1.21 bits per heavy atom. The van der Waals surface area contributed by atoms with E-state index in [2.05, 4.69) is 10.3 Å². The molecule has 9 heteroatoms. The van der Waals surface area contributed by atoms with Crippen LogP contribution >= 0.6 is 11.3 Å². The third-order valence-corrected chi connectivity index (χ3v) is 5.49.